The topological polar surface area (TPSA) is 29.5 Å². The third kappa shape index (κ3) is 1.44. The number of hydrogen-bond acceptors (Lipinski definition) is 2. The van der Waals surface area contributed by atoms with E-state index in [0.717, 1.165) is 30.6 Å². The first-order valence-electron chi connectivity index (χ1n) is 6.25. The van der Waals surface area contributed by atoms with Crippen LogP contribution in [0.4, 0.5) is 0 Å². The molecule has 1 aliphatic carbocycles. The number of fused-ring (bicyclic) bond motifs is 3. The van der Waals surface area contributed by atoms with Gasteiger partial charge in [-0.25, -0.2) is 0 Å². The molecule has 2 atom stereocenters. The second-order valence-corrected chi connectivity index (χ2v) is 5.03. The fraction of sp³-hybridized carbons (Fsp3) is 0.571. The molecule has 2 nitrogen and oxygen atoms in total. The molecule has 1 saturated carbocycles. The Morgan fingerprint density at radius 3 is 3.00 bits per heavy atom. The summed E-state index contributed by atoms with van der Waals surface area (Å²) >= 11 is 0. The van der Waals surface area contributed by atoms with Crippen molar-refractivity contribution in [3.05, 3.63) is 29.8 Å². The van der Waals surface area contributed by atoms with Crippen molar-refractivity contribution in [2.24, 2.45) is 5.92 Å². The summed E-state index contributed by atoms with van der Waals surface area (Å²) in [5.41, 5.74) is 0.374. The van der Waals surface area contributed by atoms with Crippen LogP contribution in [0.1, 0.15) is 37.7 Å². The molecule has 0 saturated heterocycles. The highest BCUT2D eigenvalue weighted by Gasteiger charge is 2.43. The maximum Gasteiger partial charge on any atom is 0.125 e. The fourth-order valence-electron chi connectivity index (χ4n) is 3.12. The second kappa shape index (κ2) is 3.77. The summed E-state index contributed by atoms with van der Waals surface area (Å²) in [6.07, 6.45) is 5.56. The standard InChI is InChI=1S/C14H18O2/c15-14-9-5-1-2-6-11(14)10-16-13-8-4-3-7-12(13)14/h3-4,7-8,11,15H,1-2,5-6,9-10H2. The van der Waals surface area contributed by atoms with Crippen molar-refractivity contribution < 1.29 is 9.84 Å². The second-order valence-electron chi connectivity index (χ2n) is 5.03. The first-order chi connectivity index (χ1) is 7.81. The van der Waals surface area contributed by atoms with Crippen LogP contribution in [0.25, 0.3) is 0 Å². The molecule has 1 aromatic rings. The van der Waals surface area contributed by atoms with Crippen LogP contribution in [-0.4, -0.2) is 11.7 Å². The van der Waals surface area contributed by atoms with Gasteiger partial charge >= 0.3 is 0 Å². The molecule has 1 N–H and O–H groups in total. The Kier molecular flexibility index (Phi) is 2.40. The number of para-hydroxylation sites is 1. The monoisotopic (exact) mass is 218 g/mol. The van der Waals surface area contributed by atoms with E-state index >= 15 is 0 Å². The molecule has 1 fully saturated rings. The van der Waals surface area contributed by atoms with Gasteiger partial charge in [0, 0.05) is 11.5 Å². The molecule has 2 heteroatoms. The fourth-order valence-corrected chi connectivity index (χ4v) is 3.12. The Bertz CT molecular complexity index is 388. The van der Waals surface area contributed by atoms with Crippen LogP contribution in [0, 0.1) is 5.92 Å². The summed E-state index contributed by atoms with van der Waals surface area (Å²) in [5.74, 6) is 1.16. The largest absolute Gasteiger partial charge is 0.493 e. The van der Waals surface area contributed by atoms with Gasteiger partial charge in [0.1, 0.15) is 5.75 Å². The molecule has 2 unspecified atom stereocenters. The Balaban J connectivity index is 2.06. The van der Waals surface area contributed by atoms with E-state index < -0.39 is 5.60 Å². The van der Waals surface area contributed by atoms with Crippen LogP contribution in [0.2, 0.25) is 0 Å². The van der Waals surface area contributed by atoms with E-state index in [9.17, 15) is 5.11 Å². The Morgan fingerprint density at radius 2 is 2.06 bits per heavy atom. The average Bonchev–Trinajstić information content (AvgIpc) is 2.51. The Labute approximate surface area is 96.2 Å². The number of aliphatic hydroxyl groups is 1. The van der Waals surface area contributed by atoms with Gasteiger partial charge in [0.05, 0.1) is 12.2 Å². The molecule has 3 rings (SSSR count). The number of ether oxygens (including phenoxy) is 1. The molecule has 2 aliphatic rings. The van der Waals surface area contributed by atoms with Crippen molar-refractivity contribution in [3.63, 3.8) is 0 Å². The van der Waals surface area contributed by atoms with Crippen molar-refractivity contribution in [2.75, 3.05) is 6.61 Å². The van der Waals surface area contributed by atoms with E-state index in [4.69, 9.17) is 4.74 Å². The van der Waals surface area contributed by atoms with E-state index in [-0.39, 0.29) is 5.92 Å². The molecule has 0 spiro atoms. The lowest BCUT2D eigenvalue weighted by Crippen LogP contribution is -2.41. The van der Waals surface area contributed by atoms with Crippen LogP contribution in [0.5, 0.6) is 5.75 Å². The number of hydrogen-bond donors (Lipinski definition) is 1. The first-order valence-corrected chi connectivity index (χ1v) is 6.25. The van der Waals surface area contributed by atoms with Gasteiger partial charge in [-0.3, -0.25) is 0 Å². The normalized spacial score (nSPS) is 33.2. The summed E-state index contributed by atoms with van der Waals surface area (Å²) in [6.45, 7) is 0.674. The van der Waals surface area contributed by atoms with Gasteiger partial charge < -0.3 is 9.84 Å². The van der Waals surface area contributed by atoms with Gasteiger partial charge in [-0.1, -0.05) is 37.5 Å². The first kappa shape index (κ1) is 10.2. The van der Waals surface area contributed by atoms with Crippen molar-refractivity contribution in [1.82, 2.24) is 0 Å². The van der Waals surface area contributed by atoms with E-state index in [0.29, 0.717) is 6.61 Å². The molecule has 86 valence electrons. The minimum atomic E-state index is -0.634. The minimum absolute atomic E-state index is 0.282. The predicted octanol–water partition coefficient (Wildman–Crippen LogP) is 2.85. The molecule has 1 aliphatic heterocycles. The van der Waals surface area contributed by atoms with E-state index in [1.807, 2.05) is 24.3 Å². The van der Waals surface area contributed by atoms with E-state index in [1.54, 1.807) is 0 Å². The quantitative estimate of drug-likeness (QED) is 0.725. The van der Waals surface area contributed by atoms with Gasteiger partial charge in [-0.05, 0) is 18.9 Å². The predicted molar refractivity (Wildman–Crippen MR) is 62.4 cm³/mol. The third-order valence-corrected chi connectivity index (χ3v) is 4.08. The smallest absolute Gasteiger partial charge is 0.125 e. The molecule has 0 amide bonds. The minimum Gasteiger partial charge on any atom is -0.493 e. The average molecular weight is 218 g/mol. The SMILES string of the molecule is OC12CCCCCC1COc1ccccc12. The van der Waals surface area contributed by atoms with Crippen molar-refractivity contribution in [1.29, 1.82) is 0 Å². The summed E-state index contributed by atoms with van der Waals surface area (Å²) < 4.78 is 5.75. The molecular weight excluding hydrogens is 200 g/mol. The highest BCUT2D eigenvalue weighted by Crippen LogP contribution is 2.46. The van der Waals surface area contributed by atoms with Crippen molar-refractivity contribution in [3.8, 4) is 5.75 Å². The van der Waals surface area contributed by atoms with Gasteiger partial charge in [-0.2, -0.15) is 0 Å². The summed E-state index contributed by atoms with van der Waals surface area (Å²) in [5, 5.41) is 10.9. The van der Waals surface area contributed by atoms with Gasteiger partial charge in [0.25, 0.3) is 0 Å². The van der Waals surface area contributed by atoms with Crippen molar-refractivity contribution >= 4 is 0 Å². The van der Waals surface area contributed by atoms with Crippen LogP contribution < -0.4 is 4.74 Å². The van der Waals surface area contributed by atoms with Gasteiger partial charge in [0.2, 0.25) is 0 Å². The summed E-state index contributed by atoms with van der Waals surface area (Å²) in [6, 6.07) is 7.95. The molecular formula is C14H18O2. The summed E-state index contributed by atoms with van der Waals surface area (Å²) in [4.78, 5) is 0. The van der Waals surface area contributed by atoms with Crippen molar-refractivity contribution in [2.45, 2.75) is 37.7 Å². The maximum atomic E-state index is 10.9. The third-order valence-electron chi connectivity index (χ3n) is 4.08. The Morgan fingerprint density at radius 1 is 1.19 bits per heavy atom. The van der Waals surface area contributed by atoms with Gasteiger partial charge in [0.15, 0.2) is 0 Å². The molecule has 1 heterocycles. The van der Waals surface area contributed by atoms with Crippen LogP contribution in [0.15, 0.2) is 24.3 Å². The summed E-state index contributed by atoms with van der Waals surface area (Å²) in [7, 11) is 0. The zero-order valence-electron chi connectivity index (χ0n) is 9.48. The molecule has 1 aromatic carbocycles. The molecule has 0 radical (unpaired) electrons. The van der Waals surface area contributed by atoms with E-state index in [2.05, 4.69) is 0 Å². The van der Waals surface area contributed by atoms with Crippen LogP contribution >= 0.6 is 0 Å². The highest BCUT2D eigenvalue weighted by molar-refractivity contribution is 5.40. The zero-order valence-corrected chi connectivity index (χ0v) is 9.48. The van der Waals surface area contributed by atoms with Gasteiger partial charge in [-0.15, -0.1) is 0 Å². The Hall–Kier alpha value is -1.02. The lowest BCUT2D eigenvalue weighted by Gasteiger charge is -2.40. The lowest BCUT2D eigenvalue weighted by molar-refractivity contribution is -0.0636. The lowest BCUT2D eigenvalue weighted by atomic mass is 9.76. The number of rotatable bonds is 0. The zero-order chi connectivity index (χ0) is 11.0. The van der Waals surface area contributed by atoms with E-state index in [1.165, 1.54) is 12.8 Å². The molecule has 0 bridgehead atoms. The van der Waals surface area contributed by atoms with Crippen LogP contribution in [0.3, 0.4) is 0 Å². The van der Waals surface area contributed by atoms with Crippen LogP contribution in [-0.2, 0) is 5.60 Å². The highest BCUT2D eigenvalue weighted by atomic mass is 16.5. The molecule has 16 heavy (non-hydrogen) atoms. The number of benzene rings is 1. The maximum absolute atomic E-state index is 10.9. The molecule has 0 aromatic heterocycles.